The zero-order valence-electron chi connectivity index (χ0n) is 15.7. The molecule has 3 rings (SSSR count). The Morgan fingerprint density at radius 1 is 1.19 bits per heavy atom. The monoisotopic (exact) mass is 373 g/mol. The molecule has 2 fully saturated rings. The van der Waals surface area contributed by atoms with Gasteiger partial charge >= 0.3 is 0 Å². The number of likely N-dealkylation sites (tertiary alicyclic amines) is 1. The van der Waals surface area contributed by atoms with Crippen LogP contribution in [0, 0.1) is 5.92 Å². The smallest absolute Gasteiger partial charge is 0.253 e. The van der Waals surface area contributed by atoms with Crippen LogP contribution in [0.1, 0.15) is 43.0 Å². The van der Waals surface area contributed by atoms with Crippen LogP contribution >= 0.6 is 0 Å². The van der Waals surface area contributed by atoms with Crippen LogP contribution in [0.25, 0.3) is 0 Å². The van der Waals surface area contributed by atoms with Gasteiger partial charge < -0.3 is 20.3 Å². The Morgan fingerprint density at radius 3 is 2.52 bits per heavy atom. The average Bonchev–Trinajstić information content (AvgIpc) is 2.69. The van der Waals surface area contributed by atoms with Crippen molar-refractivity contribution < 1.29 is 19.1 Å². The summed E-state index contributed by atoms with van der Waals surface area (Å²) < 4.78 is 5.40. The van der Waals surface area contributed by atoms with E-state index in [1.54, 1.807) is 12.1 Å². The molecule has 2 aliphatic rings. The summed E-state index contributed by atoms with van der Waals surface area (Å²) in [7, 11) is 0. The lowest BCUT2D eigenvalue weighted by atomic mass is 9.95. The van der Waals surface area contributed by atoms with Gasteiger partial charge in [0.1, 0.15) is 5.75 Å². The third-order valence-corrected chi connectivity index (χ3v) is 5.16. The van der Waals surface area contributed by atoms with Gasteiger partial charge in [0.2, 0.25) is 11.8 Å². The highest BCUT2D eigenvalue weighted by molar-refractivity contribution is 5.94. The van der Waals surface area contributed by atoms with Crippen molar-refractivity contribution in [1.82, 2.24) is 15.5 Å². The van der Waals surface area contributed by atoms with Gasteiger partial charge in [-0.25, -0.2) is 0 Å². The molecule has 3 amide bonds. The van der Waals surface area contributed by atoms with Crippen LogP contribution in [-0.2, 0) is 9.59 Å². The molecule has 1 atom stereocenters. The lowest BCUT2D eigenvalue weighted by Crippen LogP contribution is -2.49. The second kappa shape index (κ2) is 8.88. The van der Waals surface area contributed by atoms with E-state index in [0.29, 0.717) is 38.2 Å². The molecule has 7 heteroatoms. The highest BCUT2D eigenvalue weighted by Crippen LogP contribution is 2.18. The van der Waals surface area contributed by atoms with Crippen molar-refractivity contribution in [2.75, 3.05) is 26.2 Å². The number of ether oxygens (including phenoxy) is 1. The SMILES string of the molecule is CCOc1ccc(C(=O)N2CCC(NC(=O)C3CCNC(=O)C3)CC2)cc1. The minimum atomic E-state index is -0.234. The summed E-state index contributed by atoms with van der Waals surface area (Å²) in [5, 5.41) is 5.80. The maximum atomic E-state index is 12.6. The third kappa shape index (κ3) is 4.99. The fraction of sp³-hybridized carbons (Fsp3) is 0.550. The van der Waals surface area contributed by atoms with E-state index in [4.69, 9.17) is 4.74 Å². The van der Waals surface area contributed by atoms with E-state index in [1.807, 2.05) is 24.0 Å². The Kier molecular flexibility index (Phi) is 6.32. The maximum absolute atomic E-state index is 12.6. The first-order chi connectivity index (χ1) is 13.1. The highest BCUT2D eigenvalue weighted by atomic mass is 16.5. The standard InChI is InChI=1S/C20H27N3O4/c1-2-27-17-5-3-14(4-6-17)20(26)23-11-8-16(9-12-23)22-19(25)15-7-10-21-18(24)13-15/h3-6,15-16H,2,7-13H2,1H3,(H,21,24)(H,22,25). The number of carbonyl (C=O) groups is 3. The largest absolute Gasteiger partial charge is 0.494 e. The normalized spacial score (nSPS) is 20.7. The van der Waals surface area contributed by atoms with Gasteiger partial charge in [-0.2, -0.15) is 0 Å². The predicted molar refractivity (Wildman–Crippen MR) is 100 cm³/mol. The maximum Gasteiger partial charge on any atom is 0.253 e. The van der Waals surface area contributed by atoms with E-state index in [1.165, 1.54) is 0 Å². The van der Waals surface area contributed by atoms with Crippen molar-refractivity contribution in [3.63, 3.8) is 0 Å². The van der Waals surface area contributed by atoms with E-state index in [0.717, 1.165) is 18.6 Å². The summed E-state index contributed by atoms with van der Waals surface area (Å²) >= 11 is 0. The molecule has 0 aliphatic carbocycles. The third-order valence-electron chi connectivity index (χ3n) is 5.16. The van der Waals surface area contributed by atoms with Gasteiger partial charge in [0.15, 0.2) is 0 Å². The molecule has 27 heavy (non-hydrogen) atoms. The zero-order chi connectivity index (χ0) is 19.2. The number of carbonyl (C=O) groups excluding carboxylic acids is 3. The van der Waals surface area contributed by atoms with Crippen molar-refractivity contribution in [3.05, 3.63) is 29.8 Å². The number of rotatable bonds is 5. The van der Waals surface area contributed by atoms with E-state index in [9.17, 15) is 14.4 Å². The fourth-order valence-electron chi connectivity index (χ4n) is 3.60. The van der Waals surface area contributed by atoms with Gasteiger partial charge in [-0.05, 0) is 50.5 Å². The Morgan fingerprint density at radius 2 is 1.89 bits per heavy atom. The number of piperidine rings is 2. The number of nitrogens with one attached hydrogen (secondary N) is 2. The molecule has 2 heterocycles. The predicted octanol–water partition coefficient (Wildman–Crippen LogP) is 1.33. The number of nitrogens with zero attached hydrogens (tertiary/aromatic N) is 1. The minimum absolute atomic E-state index is 0.00627. The minimum Gasteiger partial charge on any atom is -0.494 e. The molecule has 0 spiro atoms. The number of benzene rings is 1. The summed E-state index contributed by atoms with van der Waals surface area (Å²) in [6, 6.07) is 7.26. The van der Waals surface area contributed by atoms with Gasteiger partial charge in [-0.3, -0.25) is 14.4 Å². The van der Waals surface area contributed by atoms with Gasteiger partial charge in [-0.1, -0.05) is 0 Å². The molecule has 0 saturated carbocycles. The van der Waals surface area contributed by atoms with Crippen molar-refractivity contribution in [2.45, 2.75) is 38.6 Å². The molecule has 0 bridgehead atoms. The summed E-state index contributed by atoms with van der Waals surface area (Å²) in [4.78, 5) is 38.2. The van der Waals surface area contributed by atoms with E-state index >= 15 is 0 Å². The second-order valence-corrected chi connectivity index (χ2v) is 7.07. The molecule has 1 unspecified atom stereocenters. The van der Waals surface area contributed by atoms with Gasteiger partial charge in [0.25, 0.3) is 5.91 Å². The number of amides is 3. The van der Waals surface area contributed by atoms with E-state index < -0.39 is 0 Å². The lowest BCUT2D eigenvalue weighted by Gasteiger charge is -2.33. The molecule has 2 aliphatic heterocycles. The molecule has 146 valence electrons. The van der Waals surface area contributed by atoms with Crippen molar-refractivity contribution in [1.29, 1.82) is 0 Å². The van der Waals surface area contributed by atoms with Crippen molar-refractivity contribution in [2.24, 2.45) is 5.92 Å². The van der Waals surface area contributed by atoms with Gasteiger partial charge in [0, 0.05) is 43.6 Å². The first-order valence-corrected chi connectivity index (χ1v) is 9.66. The molecule has 0 radical (unpaired) electrons. The molecule has 1 aromatic rings. The van der Waals surface area contributed by atoms with Crippen molar-refractivity contribution >= 4 is 17.7 Å². The van der Waals surface area contributed by atoms with Crippen LogP contribution in [0.5, 0.6) is 5.75 Å². The Balaban J connectivity index is 1.47. The molecular weight excluding hydrogens is 346 g/mol. The van der Waals surface area contributed by atoms with Crippen LogP contribution in [0.3, 0.4) is 0 Å². The Hall–Kier alpha value is -2.57. The quantitative estimate of drug-likeness (QED) is 0.815. The summed E-state index contributed by atoms with van der Waals surface area (Å²) in [5.74, 6) is 0.430. The average molecular weight is 373 g/mol. The topological polar surface area (TPSA) is 87.7 Å². The Bertz CT molecular complexity index is 681. The van der Waals surface area contributed by atoms with Crippen LogP contribution in [-0.4, -0.2) is 54.9 Å². The summed E-state index contributed by atoms with van der Waals surface area (Å²) in [5.41, 5.74) is 0.647. The molecule has 2 saturated heterocycles. The van der Waals surface area contributed by atoms with Crippen molar-refractivity contribution in [3.8, 4) is 5.75 Å². The lowest BCUT2D eigenvalue weighted by molar-refractivity contribution is -0.133. The molecular formula is C20H27N3O4. The van der Waals surface area contributed by atoms with Crippen LogP contribution < -0.4 is 15.4 Å². The van der Waals surface area contributed by atoms with Crippen LogP contribution in [0.2, 0.25) is 0 Å². The van der Waals surface area contributed by atoms with Gasteiger partial charge in [-0.15, -0.1) is 0 Å². The Labute approximate surface area is 159 Å². The zero-order valence-corrected chi connectivity index (χ0v) is 15.7. The highest BCUT2D eigenvalue weighted by Gasteiger charge is 2.29. The fourth-order valence-corrected chi connectivity index (χ4v) is 3.60. The summed E-state index contributed by atoms with van der Waals surface area (Å²) in [6.45, 7) is 4.30. The molecule has 0 aromatic heterocycles. The second-order valence-electron chi connectivity index (χ2n) is 7.07. The summed E-state index contributed by atoms with van der Waals surface area (Å²) in [6.07, 6.45) is 2.41. The molecule has 2 N–H and O–H groups in total. The van der Waals surface area contributed by atoms with E-state index in [-0.39, 0.29) is 36.1 Å². The van der Waals surface area contributed by atoms with E-state index in [2.05, 4.69) is 10.6 Å². The molecule has 7 nitrogen and oxygen atoms in total. The first-order valence-electron chi connectivity index (χ1n) is 9.66. The number of hydrogen-bond acceptors (Lipinski definition) is 4. The van der Waals surface area contributed by atoms with Gasteiger partial charge in [0.05, 0.1) is 6.61 Å². The number of hydrogen-bond donors (Lipinski definition) is 2. The van der Waals surface area contributed by atoms with Crippen LogP contribution in [0.4, 0.5) is 0 Å². The molecule has 1 aromatic carbocycles. The first kappa shape index (κ1) is 19.2. The van der Waals surface area contributed by atoms with Crippen LogP contribution in [0.15, 0.2) is 24.3 Å².